The number of rotatable bonds is 4. The number of nitrogens with zero attached hydrogens (tertiary/aromatic N) is 3. The maximum atomic E-state index is 4.65. The molecule has 0 spiro atoms. The molecule has 3 heterocycles. The molecule has 0 radical (unpaired) electrons. The van der Waals surface area contributed by atoms with Crippen molar-refractivity contribution in [1.29, 1.82) is 0 Å². The van der Waals surface area contributed by atoms with Gasteiger partial charge in [0.05, 0.1) is 0 Å². The van der Waals surface area contributed by atoms with Crippen molar-refractivity contribution < 1.29 is 0 Å². The van der Waals surface area contributed by atoms with Crippen LogP contribution in [0, 0.1) is 0 Å². The summed E-state index contributed by atoms with van der Waals surface area (Å²) in [6.45, 7) is 0. The van der Waals surface area contributed by atoms with Crippen molar-refractivity contribution in [3.8, 4) is 44.8 Å². The molecule has 11 rings (SSSR count). The summed E-state index contributed by atoms with van der Waals surface area (Å²) < 4.78 is 4.67. The molecule has 0 atom stereocenters. The molecule has 0 fully saturated rings. The smallest absolute Gasteiger partial charge is 0.168 e. The fourth-order valence-electron chi connectivity index (χ4n) is 7.98. The van der Waals surface area contributed by atoms with Crippen LogP contribution in [0.4, 0.5) is 0 Å². The molecular formula is C48H29N3S. The Morgan fingerprint density at radius 3 is 1.69 bits per heavy atom. The Balaban J connectivity index is 1.11. The van der Waals surface area contributed by atoms with Gasteiger partial charge in [0.25, 0.3) is 0 Å². The first-order valence-electron chi connectivity index (χ1n) is 17.6. The summed E-state index contributed by atoms with van der Waals surface area (Å²) in [5.41, 5.74) is 9.26. The Morgan fingerprint density at radius 1 is 0.385 bits per heavy atom. The van der Waals surface area contributed by atoms with Gasteiger partial charge in [0.15, 0.2) is 11.5 Å². The Labute approximate surface area is 303 Å². The SMILES string of the molecule is c1ccc2c(-c3ccc4sc5c(-c6ccc(-c7nnc8c9ccccc9ccn78)cc6)cc(-c6cccc7ccccc67)cc5c4c3)cccc2c1. The van der Waals surface area contributed by atoms with Gasteiger partial charge in [-0.2, -0.15) is 0 Å². The third-order valence-corrected chi connectivity index (χ3v) is 11.7. The van der Waals surface area contributed by atoms with Crippen molar-refractivity contribution >= 4 is 69.5 Å². The van der Waals surface area contributed by atoms with Gasteiger partial charge < -0.3 is 0 Å². The van der Waals surface area contributed by atoms with E-state index in [1.54, 1.807) is 0 Å². The first kappa shape index (κ1) is 29.1. The van der Waals surface area contributed by atoms with E-state index in [1.165, 1.54) is 75.1 Å². The second kappa shape index (κ2) is 11.5. The van der Waals surface area contributed by atoms with Crippen LogP contribution in [0.1, 0.15) is 0 Å². The minimum absolute atomic E-state index is 0.838. The van der Waals surface area contributed by atoms with Crippen molar-refractivity contribution in [2.75, 3.05) is 0 Å². The molecule has 4 heteroatoms. The van der Waals surface area contributed by atoms with Crippen LogP contribution in [0.2, 0.25) is 0 Å². The molecule has 52 heavy (non-hydrogen) atoms. The molecule has 0 aliphatic rings. The van der Waals surface area contributed by atoms with E-state index in [4.69, 9.17) is 0 Å². The van der Waals surface area contributed by atoms with E-state index in [0.29, 0.717) is 0 Å². The third-order valence-electron chi connectivity index (χ3n) is 10.5. The Bertz CT molecular complexity index is 3180. The van der Waals surface area contributed by atoms with Gasteiger partial charge in [-0.15, -0.1) is 21.5 Å². The Hall–Kier alpha value is -6.62. The highest BCUT2D eigenvalue weighted by Crippen LogP contribution is 2.45. The zero-order chi connectivity index (χ0) is 34.2. The standard InChI is InChI=1S/C48H29N3S/c1-4-14-37-30(9-1)12-7-17-39(37)35-23-24-45-43(27-35)44-29-36(40-18-8-13-31-10-2-5-15-38(31)40)28-42(46(44)52-45)33-19-21-34(22-20-33)47-49-50-48-41-16-6-3-11-32(41)25-26-51(47)48/h1-29H. The molecular weight excluding hydrogens is 651 g/mol. The molecule has 0 N–H and O–H groups in total. The van der Waals surface area contributed by atoms with E-state index >= 15 is 0 Å². The van der Waals surface area contributed by atoms with Gasteiger partial charge in [0.2, 0.25) is 0 Å². The summed E-state index contributed by atoms with van der Waals surface area (Å²) in [5, 5.41) is 19.1. The molecule has 0 bridgehead atoms. The van der Waals surface area contributed by atoms with E-state index in [0.717, 1.165) is 27.8 Å². The molecule has 0 unspecified atom stereocenters. The molecule has 3 aromatic heterocycles. The van der Waals surface area contributed by atoms with Crippen LogP contribution in [0.15, 0.2) is 176 Å². The third kappa shape index (κ3) is 4.51. The molecule has 0 aliphatic heterocycles. The number of pyridine rings is 1. The van der Waals surface area contributed by atoms with Gasteiger partial charge in [-0.1, -0.05) is 140 Å². The van der Waals surface area contributed by atoms with Crippen LogP contribution in [0.25, 0.3) is 103 Å². The predicted molar refractivity (Wildman–Crippen MR) is 220 cm³/mol. The van der Waals surface area contributed by atoms with Gasteiger partial charge in [-0.05, 0) is 85.1 Å². The van der Waals surface area contributed by atoms with Crippen LogP contribution in [0.3, 0.4) is 0 Å². The summed E-state index contributed by atoms with van der Waals surface area (Å²) in [6.07, 6.45) is 2.07. The normalized spacial score (nSPS) is 11.8. The van der Waals surface area contributed by atoms with Crippen LogP contribution < -0.4 is 0 Å². The monoisotopic (exact) mass is 679 g/mol. The predicted octanol–water partition coefficient (Wildman–Crippen LogP) is 13.2. The van der Waals surface area contributed by atoms with Crippen molar-refractivity contribution in [2.45, 2.75) is 0 Å². The quantitative estimate of drug-likeness (QED) is 0.185. The van der Waals surface area contributed by atoms with Crippen LogP contribution >= 0.6 is 11.3 Å². The molecule has 0 saturated carbocycles. The first-order valence-corrected chi connectivity index (χ1v) is 18.4. The zero-order valence-electron chi connectivity index (χ0n) is 28.0. The van der Waals surface area contributed by atoms with Gasteiger partial charge in [0, 0.05) is 42.9 Å². The lowest BCUT2D eigenvalue weighted by Crippen LogP contribution is -1.90. The van der Waals surface area contributed by atoms with E-state index in [9.17, 15) is 0 Å². The lowest BCUT2D eigenvalue weighted by Gasteiger charge is -2.12. The highest BCUT2D eigenvalue weighted by atomic mass is 32.1. The Morgan fingerprint density at radius 2 is 0.962 bits per heavy atom. The molecule has 0 saturated heterocycles. The number of fused-ring (bicyclic) bond motifs is 8. The van der Waals surface area contributed by atoms with Crippen LogP contribution in [-0.2, 0) is 0 Å². The van der Waals surface area contributed by atoms with Gasteiger partial charge >= 0.3 is 0 Å². The maximum absolute atomic E-state index is 4.65. The molecule has 8 aromatic carbocycles. The van der Waals surface area contributed by atoms with E-state index in [1.807, 2.05) is 11.3 Å². The van der Waals surface area contributed by atoms with Crippen molar-refractivity contribution in [1.82, 2.24) is 14.6 Å². The summed E-state index contributed by atoms with van der Waals surface area (Å²) in [6, 6.07) is 61.7. The van der Waals surface area contributed by atoms with Gasteiger partial charge in [0.1, 0.15) is 0 Å². The van der Waals surface area contributed by atoms with E-state index < -0.39 is 0 Å². The highest BCUT2D eigenvalue weighted by molar-refractivity contribution is 7.26. The first-order chi connectivity index (χ1) is 25.8. The number of benzene rings is 8. The summed E-state index contributed by atoms with van der Waals surface area (Å²) in [4.78, 5) is 0. The average Bonchev–Trinajstić information content (AvgIpc) is 3.82. The summed E-state index contributed by atoms with van der Waals surface area (Å²) in [7, 11) is 0. The number of thiophene rings is 1. The van der Waals surface area contributed by atoms with Gasteiger partial charge in [-0.3, -0.25) is 4.40 Å². The van der Waals surface area contributed by atoms with E-state index in [2.05, 4.69) is 191 Å². The average molecular weight is 680 g/mol. The van der Waals surface area contributed by atoms with Gasteiger partial charge in [-0.25, -0.2) is 0 Å². The fraction of sp³-hybridized carbons (Fsp3) is 0. The van der Waals surface area contributed by atoms with Crippen molar-refractivity contribution in [3.05, 3.63) is 176 Å². The topological polar surface area (TPSA) is 30.2 Å². The molecule has 11 aromatic rings. The van der Waals surface area contributed by atoms with Crippen molar-refractivity contribution in [3.63, 3.8) is 0 Å². The summed E-state index contributed by atoms with van der Waals surface area (Å²) >= 11 is 1.88. The maximum Gasteiger partial charge on any atom is 0.168 e. The summed E-state index contributed by atoms with van der Waals surface area (Å²) in [5.74, 6) is 0.838. The number of aromatic nitrogens is 3. The molecule has 0 amide bonds. The van der Waals surface area contributed by atoms with Crippen LogP contribution in [0.5, 0.6) is 0 Å². The Kier molecular flexibility index (Phi) is 6.42. The molecule has 242 valence electrons. The largest absolute Gasteiger partial charge is 0.282 e. The van der Waals surface area contributed by atoms with Crippen molar-refractivity contribution in [2.24, 2.45) is 0 Å². The lowest BCUT2D eigenvalue weighted by atomic mass is 9.92. The lowest BCUT2D eigenvalue weighted by molar-refractivity contribution is 1.11. The molecule has 3 nitrogen and oxygen atoms in total. The number of hydrogen-bond acceptors (Lipinski definition) is 3. The van der Waals surface area contributed by atoms with E-state index in [-0.39, 0.29) is 0 Å². The zero-order valence-corrected chi connectivity index (χ0v) is 28.8. The second-order valence-electron chi connectivity index (χ2n) is 13.5. The second-order valence-corrected chi connectivity index (χ2v) is 14.5. The minimum atomic E-state index is 0.838. The van der Waals surface area contributed by atoms with Crippen LogP contribution in [-0.4, -0.2) is 14.6 Å². The highest BCUT2D eigenvalue weighted by Gasteiger charge is 2.17. The molecule has 0 aliphatic carbocycles. The fourth-order valence-corrected chi connectivity index (χ4v) is 9.18. The number of hydrogen-bond donors (Lipinski definition) is 0. The minimum Gasteiger partial charge on any atom is -0.282 e.